The highest BCUT2D eigenvalue weighted by atomic mass is 14.9. The molecule has 0 unspecified atom stereocenters. The lowest BCUT2D eigenvalue weighted by Crippen LogP contribution is -2.33. The van der Waals surface area contributed by atoms with Crippen LogP contribution in [0.3, 0.4) is 0 Å². The lowest BCUT2D eigenvalue weighted by molar-refractivity contribution is 0.371. The van der Waals surface area contributed by atoms with Crippen LogP contribution in [0.5, 0.6) is 0 Å². The van der Waals surface area contributed by atoms with Gasteiger partial charge in [0.05, 0.1) is 11.4 Å². The second-order valence-electron chi connectivity index (χ2n) is 9.26. The van der Waals surface area contributed by atoms with Crippen molar-refractivity contribution >= 4 is 0 Å². The zero-order chi connectivity index (χ0) is 20.7. The van der Waals surface area contributed by atoms with Gasteiger partial charge in [-0.25, -0.2) is 0 Å². The summed E-state index contributed by atoms with van der Waals surface area (Å²) >= 11 is 0. The Bertz CT molecular complexity index is 507. The van der Waals surface area contributed by atoms with E-state index >= 15 is 0 Å². The maximum atomic E-state index is 4.80. The fourth-order valence-electron chi connectivity index (χ4n) is 4.81. The van der Waals surface area contributed by atoms with Gasteiger partial charge in [-0.3, -0.25) is 4.98 Å². The molecule has 2 fully saturated rings. The van der Waals surface area contributed by atoms with Crippen LogP contribution >= 0.6 is 0 Å². The van der Waals surface area contributed by atoms with Crippen LogP contribution in [0.25, 0.3) is 0 Å². The Morgan fingerprint density at radius 2 is 1.10 bits per heavy atom. The third-order valence-electron chi connectivity index (χ3n) is 6.61. The van der Waals surface area contributed by atoms with Gasteiger partial charge < -0.3 is 21.3 Å². The van der Waals surface area contributed by atoms with Gasteiger partial charge in [-0.05, 0) is 76.8 Å². The van der Waals surface area contributed by atoms with Crippen molar-refractivity contribution in [3.63, 3.8) is 0 Å². The van der Waals surface area contributed by atoms with Crippen molar-refractivity contribution in [3.8, 4) is 0 Å². The van der Waals surface area contributed by atoms with Gasteiger partial charge in [-0.1, -0.05) is 44.6 Å². The molecule has 0 radical (unpaired) electrons. The Hall–Kier alpha value is -1.01. The molecule has 0 aliphatic heterocycles. The molecule has 1 aromatic rings. The van der Waals surface area contributed by atoms with E-state index in [0.29, 0.717) is 0 Å². The molecule has 1 aromatic heterocycles. The summed E-state index contributed by atoms with van der Waals surface area (Å²) in [5.74, 6) is 0. The SMILES string of the molecule is c1cc(CNCCCNC2CCCCC2)nc(CNCCCNC2CCCCC2)c1. The maximum Gasteiger partial charge on any atom is 0.0545 e. The van der Waals surface area contributed by atoms with Crippen LogP contribution in [-0.4, -0.2) is 43.2 Å². The van der Waals surface area contributed by atoms with Gasteiger partial charge in [0.1, 0.15) is 0 Å². The Labute approximate surface area is 184 Å². The zero-order valence-corrected chi connectivity index (χ0v) is 19.1. The van der Waals surface area contributed by atoms with Crippen LogP contribution in [0.1, 0.15) is 88.4 Å². The lowest BCUT2D eigenvalue weighted by atomic mass is 9.95. The van der Waals surface area contributed by atoms with Gasteiger partial charge in [-0.2, -0.15) is 0 Å². The number of aromatic nitrogens is 1. The molecule has 2 aliphatic carbocycles. The summed E-state index contributed by atoms with van der Waals surface area (Å²) in [6.45, 7) is 6.09. The van der Waals surface area contributed by atoms with Crippen LogP contribution in [-0.2, 0) is 13.1 Å². The number of nitrogens with zero attached hydrogens (tertiary/aromatic N) is 1. The second-order valence-corrected chi connectivity index (χ2v) is 9.26. The molecule has 5 nitrogen and oxygen atoms in total. The first-order valence-corrected chi connectivity index (χ1v) is 12.7. The third kappa shape index (κ3) is 9.86. The van der Waals surface area contributed by atoms with Crippen molar-refractivity contribution in [1.82, 2.24) is 26.3 Å². The molecular weight excluding hydrogens is 370 g/mol. The number of hydrogen-bond acceptors (Lipinski definition) is 5. The first-order valence-electron chi connectivity index (χ1n) is 12.7. The van der Waals surface area contributed by atoms with Crippen LogP contribution in [0.2, 0.25) is 0 Å². The van der Waals surface area contributed by atoms with E-state index in [1.807, 2.05) is 0 Å². The topological polar surface area (TPSA) is 61.0 Å². The number of rotatable bonds is 14. The van der Waals surface area contributed by atoms with Crippen molar-refractivity contribution < 1.29 is 0 Å². The molecule has 1 heterocycles. The highest BCUT2D eigenvalue weighted by Gasteiger charge is 2.12. The van der Waals surface area contributed by atoms with E-state index in [0.717, 1.165) is 62.7 Å². The molecule has 30 heavy (non-hydrogen) atoms. The molecular formula is C25H45N5. The molecule has 170 valence electrons. The fourth-order valence-corrected chi connectivity index (χ4v) is 4.81. The lowest BCUT2D eigenvalue weighted by Gasteiger charge is -2.22. The van der Waals surface area contributed by atoms with Crippen LogP contribution < -0.4 is 21.3 Å². The van der Waals surface area contributed by atoms with Gasteiger partial charge in [-0.15, -0.1) is 0 Å². The number of hydrogen-bond donors (Lipinski definition) is 4. The molecule has 0 amide bonds. The molecule has 0 aromatic carbocycles. The predicted molar refractivity (Wildman–Crippen MR) is 127 cm³/mol. The Morgan fingerprint density at radius 3 is 1.57 bits per heavy atom. The minimum absolute atomic E-state index is 0.771. The largest absolute Gasteiger partial charge is 0.314 e. The first kappa shape index (κ1) is 23.6. The fraction of sp³-hybridized carbons (Fsp3) is 0.800. The van der Waals surface area contributed by atoms with Gasteiger partial charge >= 0.3 is 0 Å². The summed E-state index contributed by atoms with van der Waals surface area (Å²) in [5.41, 5.74) is 2.29. The number of nitrogens with one attached hydrogen (secondary N) is 4. The molecule has 5 heteroatoms. The van der Waals surface area contributed by atoms with E-state index in [4.69, 9.17) is 4.98 Å². The van der Waals surface area contributed by atoms with Crippen molar-refractivity contribution in [3.05, 3.63) is 29.6 Å². The maximum absolute atomic E-state index is 4.80. The van der Waals surface area contributed by atoms with Gasteiger partial charge in [0.25, 0.3) is 0 Å². The summed E-state index contributed by atoms with van der Waals surface area (Å²) in [6.07, 6.45) is 16.3. The highest BCUT2D eigenvalue weighted by Crippen LogP contribution is 2.17. The highest BCUT2D eigenvalue weighted by molar-refractivity contribution is 5.11. The van der Waals surface area contributed by atoms with Crippen LogP contribution in [0, 0.1) is 0 Å². The second kappa shape index (κ2) is 14.9. The molecule has 0 bridgehead atoms. The standard InChI is InChI=1S/C25H45N5/c1-3-10-22(11-4-1)28-18-8-16-26-20-24-14-7-15-25(30-24)21-27-17-9-19-29-23-12-5-2-6-13-23/h7,14-15,22-23,26-29H,1-6,8-13,16-21H2. The molecule has 0 atom stereocenters. The summed E-state index contributed by atoms with van der Waals surface area (Å²) in [4.78, 5) is 4.80. The van der Waals surface area contributed by atoms with Crippen molar-refractivity contribution in [2.75, 3.05) is 26.2 Å². The predicted octanol–water partition coefficient (Wildman–Crippen LogP) is 3.89. The summed E-state index contributed by atoms with van der Waals surface area (Å²) in [6, 6.07) is 7.94. The normalized spacial score (nSPS) is 18.7. The Morgan fingerprint density at radius 1 is 0.633 bits per heavy atom. The van der Waals surface area contributed by atoms with Crippen molar-refractivity contribution in [2.45, 2.75) is 102 Å². The van der Waals surface area contributed by atoms with Gasteiger partial charge in [0.2, 0.25) is 0 Å². The third-order valence-corrected chi connectivity index (χ3v) is 6.61. The van der Waals surface area contributed by atoms with E-state index in [2.05, 4.69) is 39.5 Å². The van der Waals surface area contributed by atoms with E-state index in [9.17, 15) is 0 Å². The molecule has 3 rings (SSSR count). The van der Waals surface area contributed by atoms with Crippen molar-refractivity contribution in [1.29, 1.82) is 0 Å². The minimum Gasteiger partial charge on any atom is -0.314 e. The average Bonchev–Trinajstić information content (AvgIpc) is 2.80. The first-order chi connectivity index (χ1) is 14.9. The van der Waals surface area contributed by atoms with Crippen LogP contribution in [0.4, 0.5) is 0 Å². The van der Waals surface area contributed by atoms with E-state index in [-0.39, 0.29) is 0 Å². The van der Waals surface area contributed by atoms with E-state index < -0.39 is 0 Å². The van der Waals surface area contributed by atoms with E-state index in [1.54, 1.807) is 0 Å². The van der Waals surface area contributed by atoms with Crippen LogP contribution in [0.15, 0.2) is 18.2 Å². The minimum atomic E-state index is 0.771. The molecule has 0 saturated heterocycles. The van der Waals surface area contributed by atoms with Gasteiger partial charge in [0, 0.05) is 25.2 Å². The quantitative estimate of drug-likeness (QED) is 0.347. The smallest absolute Gasteiger partial charge is 0.0545 e. The van der Waals surface area contributed by atoms with Crippen molar-refractivity contribution in [2.24, 2.45) is 0 Å². The summed E-state index contributed by atoms with van der Waals surface area (Å²) in [7, 11) is 0. The zero-order valence-electron chi connectivity index (χ0n) is 19.1. The molecule has 2 saturated carbocycles. The summed E-state index contributed by atoms with van der Waals surface area (Å²) in [5, 5.41) is 14.5. The molecule has 4 N–H and O–H groups in total. The van der Waals surface area contributed by atoms with E-state index in [1.165, 1.54) is 77.0 Å². The summed E-state index contributed by atoms with van der Waals surface area (Å²) < 4.78 is 0. The molecule has 2 aliphatic rings. The number of pyridine rings is 1. The Balaban J connectivity index is 1.18. The monoisotopic (exact) mass is 415 g/mol. The Kier molecular flexibility index (Phi) is 11.7. The van der Waals surface area contributed by atoms with Gasteiger partial charge in [0.15, 0.2) is 0 Å². The average molecular weight is 416 g/mol. The molecule has 0 spiro atoms.